The van der Waals surface area contributed by atoms with E-state index in [1.165, 1.54) is 5.01 Å². The largest absolute Gasteiger partial charge is 0.397 e. The Kier molecular flexibility index (Phi) is 26.7. The van der Waals surface area contributed by atoms with E-state index in [0.29, 0.717) is 117 Å². The molecule has 0 fully saturated rings. The van der Waals surface area contributed by atoms with Crippen LogP contribution in [0.25, 0.3) is 5.70 Å². The zero-order valence-corrected chi connectivity index (χ0v) is 27.5. The maximum Gasteiger partial charge on any atom is 0.222 e. The molecule has 0 spiro atoms. The number of aliphatic hydroxyl groups excluding tert-OH is 1. The van der Waals surface area contributed by atoms with Crippen molar-refractivity contribution in [1.29, 1.82) is 0 Å². The van der Waals surface area contributed by atoms with Crippen LogP contribution < -0.4 is 22.2 Å². The van der Waals surface area contributed by atoms with Crippen LogP contribution >= 0.6 is 0 Å². The minimum Gasteiger partial charge on any atom is -0.397 e. The van der Waals surface area contributed by atoms with Crippen molar-refractivity contribution in [2.75, 3.05) is 106 Å². The van der Waals surface area contributed by atoms with Gasteiger partial charge in [-0.3, -0.25) is 4.79 Å². The Morgan fingerprint density at radius 2 is 1.35 bits per heavy atom. The predicted molar refractivity (Wildman–Crippen MR) is 176 cm³/mol. The number of rotatable bonds is 32. The average Bonchev–Trinajstić information content (AvgIpc) is 3.05. The van der Waals surface area contributed by atoms with E-state index in [-0.39, 0.29) is 18.9 Å². The first-order chi connectivity index (χ1) is 22.5. The highest BCUT2D eigenvalue weighted by atomic mass is 16.6. The molecule has 0 aromatic heterocycles. The molecule has 7 N–H and O–H groups in total. The molecule has 14 heteroatoms. The highest BCUT2D eigenvalue weighted by Gasteiger charge is 2.13. The molecule has 264 valence electrons. The molecule has 0 unspecified atom stereocenters. The van der Waals surface area contributed by atoms with Crippen molar-refractivity contribution in [2.24, 2.45) is 11.6 Å². The monoisotopic (exact) mass is 655 g/mol. The Hall–Kier alpha value is -2.66. The molecule has 0 bridgehead atoms. The van der Waals surface area contributed by atoms with Crippen molar-refractivity contribution in [3.63, 3.8) is 0 Å². The molecule has 0 saturated heterocycles. The fourth-order valence-electron chi connectivity index (χ4n) is 3.95. The topological polar surface area (TPSA) is 189 Å². The highest BCUT2D eigenvalue weighted by Crippen LogP contribution is 2.13. The summed E-state index contributed by atoms with van der Waals surface area (Å²) in [6.45, 7) is 7.30. The van der Waals surface area contributed by atoms with Crippen LogP contribution in [0.3, 0.4) is 0 Å². The zero-order chi connectivity index (χ0) is 33.5. The van der Waals surface area contributed by atoms with Crippen LogP contribution in [-0.4, -0.2) is 134 Å². The molecule has 0 aliphatic carbocycles. The Bertz CT molecular complexity index is 908. The summed E-state index contributed by atoms with van der Waals surface area (Å²) < 4.78 is 32.6. The third-order valence-electron chi connectivity index (χ3n) is 6.59. The third kappa shape index (κ3) is 22.8. The molecular weight excluding hydrogens is 598 g/mol. The summed E-state index contributed by atoms with van der Waals surface area (Å²) in [7, 11) is 1.88. The first-order valence-electron chi connectivity index (χ1n) is 16.0. The van der Waals surface area contributed by atoms with Gasteiger partial charge in [0.2, 0.25) is 5.91 Å². The molecule has 0 aliphatic rings. The maximum absolute atomic E-state index is 12.0. The number of carbonyl (C=O) groups excluding carboxylic acids is 2. The number of amides is 1. The van der Waals surface area contributed by atoms with Gasteiger partial charge in [-0.05, 0) is 43.9 Å². The molecule has 1 rings (SSSR count). The van der Waals surface area contributed by atoms with Crippen LogP contribution in [0.2, 0.25) is 0 Å². The second-order valence-corrected chi connectivity index (χ2v) is 10.3. The Balaban J connectivity index is 1.94. The molecule has 46 heavy (non-hydrogen) atoms. The minimum absolute atomic E-state index is 0.0828. The maximum atomic E-state index is 12.0. The van der Waals surface area contributed by atoms with Crippen molar-refractivity contribution < 1.29 is 43.1 Å². The summed E-state index contributed by atoms with van der Waals surface area (Å²) >= 11 is 0. The number of hydrogen-bond donors (Lipinski definition) is 5. The highest BCUT2D eigenvalue weighted by molar-refractivity contribution is 5.75. The summed E-state index contributed by atoms with van der Waals surface area (Å²) in [5.74, 6) is 5.98. The lowest BCUT2D eigenvalue weighted by Crippen LogP contribution is -2.38. The first-order valence-corrected chi connectivity index (χ1v) is 16.0. The molecule has 1 aromatic rings. The lowest BCUT2D eigenvalue weighted by atomic mass is 10.1. The fraction of sp³-hybridized carbons (Fsp3) is 0.688. The van der Waals surface area contributed by atoms with Crippen molar-refractivity contribution in [2.45, 2.75) is 38.1 Å². The van der Waals surface area contributed by atoms with Crippen molar-refractivity contribution >= 4 is 17.9 Å². The smallest absolute Gasteiger partial charge is 0.222 e. The molecule has 0 heterocycles. The average molecular weight is 656 g/mol. The first kappa shape index (κ1) is 41.4. The molecule has 0 radical (unpaired) electrons. The minimum atomic E-state index is -0.529. The van der Waals surface area contributed by atoms with Gasteiger partial charge in [-0.15, -0.1) is 0 Å². The number of likely N-dealkylation sites (N-methyl/N-ethyl adjacent to an activating group) is 1. The number of benzene rings is 1. The van der Waals surface area contributed by atoms with Gasteiger partial charge >= 0.3 is 0 Å². The Morgan fingerprint density at radius 3 is 1.85 bits per heavy atom. The summed E-state index contributed by atoms with van der Waals surface area (Å²) in [5, 5.41) is 16.2. The number of nitrogens with one attached hydrogen (secondary N) is 2. The van der Waals surface area contributed by atoms with Gasteiger partial charge in [-0.1, -0.05) is 24.3 Å². The number of nitrogens with two attached hydrogens (primary N) is 2. The van der Waals surface area contributed by atoms with Crippen LogP contribution in [0.4, 0.5) is 0 Å². The van der Waals surface area contributed by atoms with E-state index in [1.54, 1.807) is 6.20 Å². The van der Waals surface area contributed by atoms with Gasteiger partial charge in [0.25, 0.3) is 0 Å². The van der Waals surface area contributed by atoms with Crippen molar-refractivity contribution in [1.82, 2.24) is 15.6 Å². The predicted octanol–water partition coefficient (Wildman–Crippen LogP) is 0.217. The Morgan fingerprint density at radius 1 is 0.826 bits per heavy atom. The van der Waals surface area contributed by atoms with E-state index in [9.17, 15) is 9.59 Å². The summed E-state index contributed by atoms with van der Waals surface area (Å²) in [4.78, 5) is 23.6. The van der Waals surface area contributed by atoms with E-state index in [2.05, 4.69) is 10.6 Å². The quantitative estimate of drug-likeness (QED) is 0.0307. The SMILES string of the molecule is CNCCOCCOCCOCCOCCOCCOCCC(=O)NCCCC[C@@H](C=O)N(N)/C=C(\N)c1ccc(CCO)cc1. The van der Waals surface area contributed by atoms with E-state index in [1.807, 2.05) is 31.3 Å². The van der Waals surface area contributed by atoms with Gasteiger partial charge in [-0.25, -0.2) is 5.84 Å². The Labute approximate surface area is 274 Å². The second kappa shape index (κ2) is 29.7. The van der Waals surface area contributed by atoms with Crippen LogP contribution in [0.15, 0.2) is 30.5 Å². The number of hydrogen-bond acceptors (Lipinski definition) is 13. The zero-order valence-electron chi connectivity index (χ0n) is 27.5. The number of unbranched alkanes of at least 4 members (excludes halogenated alkanes) is 1. The van der Waals surface area contributed by atoms with E-state index < -0.39 is 6.04 Å². The standard InChI is InChI=1S/C32H57N5O9/c1-35-12-15-42-17-19-44-21-23-46-25-24-45-22-20-43-18-16-41-14-10-32(40)36-11-3-2-4-30(27-39)37(34)26-31(33)29-7-5-28(6-8-29)9-13-38/h5-8,26-27,30,35,38H,2-4,9-25,33-34H2,1H3,(H,36,40)/b31-26-/t30-/m0/s1. The van der Waals surface area contributed by atoms with Crippen LogP contribution in [0.1, 0.15) is 36.8 Å². The van der Waals surface area contributed by atoms with Crippen LogP contribution in [-0.2, 0) is 44.4 Å². The van der Waals surface area contributed by atoms with Gasteiger partial charge in [-0.2, -0.15) is 0 Å². The summed E-state index contributed by atoms with van der Waals surface area (Å²) in [6.07, 6.45) is 5.12. The van der Waals surface area contributed by atoms with Gasteiger partial charge in [0.1, 0.15) is 6.29 Å². The van der Waals surface area contributed by atoms with Gasteiger partial charge in [0.15, 0.2) is 0 Å². The summed E-state index contributed by atoms with van der Waals surface area (Å²) in [6, 6.07) is 6.96. The van der Waals surface area contributed by atoms with Crippen LogP contribution in [0, 0.1) is 0 Å². The third-order valence-corrected chi connectivity index (χ3v) is 6.59. The normalized spacial score (nSPS) is 12.3. The molecule has 1 amide bonds. The van der Waals surface area contributed by atoms with Gasteiger partial charge in [0, 0.05) is 32.3 Å². The van der Waals surface area contributed by atoms with E-state index in [4.69, 9.17) is 45.1 Å². The van der Waals surface area contributed by atoms with E-state index >= 15 is 0 Å². The molecule has 0 saturated carbocycles. The molecular formula is C32H57N5O9. The van der Waals surface area contributed by atoms with Gasteiger partial charge < -0.3 is 59.7 Å². The second-order valence-electron chi connectivity index (χ2n) is 10.3. The lowest BCUT2D eigenvalue weighted by molar-refractivity contribution is -0.122. The number of aldehydes is 1. The molecule has 14 nitrogen and oxygen atoms in total. The van der Waals surface area contributed by atoms with Crippen molar-refractivity contribution in [3.05, 3.63) is 41.6 Å². The number of nitrogens with zero attached hydrogens (tertiary/aromatic N) is 1. The number of aliphatic hydroxyl groups is 1. The molecule has 1 aromatic carbocycles. The van der Waals surface area contributed by atoms with Crippen LogP contribution in [0.5, 0.6) is 0 Å². The fourth-order valence-corrected chi connectivity index (χ4v) is 3.95. The number of ether oxygens (including phenoxy) is 6. The molecule has 0 aliphatic heterocycles. The van der Waals surface area contributed by atoms with Gasteiger partial charge in [0.05, 0.1) is 91.0 Å². The molecule has 1 atom stereocenters. The number of carbonyl (C=O) groups is 2. The van der Waals surface area contributed by atoms with E-state index in [0.717, 1.165) is 24.0 Å². The summed E-state index contributed by atoms with van der Waals surface area (Å²) in [5.41, 5.74) is 8.37. The van der Waals surface area contributed by atoms with Crippen molar-refractivity contribution in [3.8, 4) is 0 Å². The lowest BCUT2D eigenvalue weighted by Gasteiger charge is -2.22. The number of hydrazine groups is 1.